The number of hydrogen-bond acceptors (Lipinski definition) is 4. The van der Waals surface area contributed by atoms with E-state index in [9.17, 15) is 13.2 Å². The predicted octanol–water partition coefficient (Wildman–Crippen LogP) is 3.87. The Kier molecular flexibility index (Phi) is 7.67. The van der Waals surface area contributed by atoms with Gasteiger partial charge in [0.2, 0.25) is 5.91 Å². The van der Waals surface area contributed by atoms with Crippen molar-refractivity contribution < 1.29 is 17.9 Å². The van der Waals surface area contributed by atoms with Crippen molar-refractivity contribution in [2.45, 2.75) is 49.9 Å². The number of amides is 1. The van der Waals surface area contributed by atoms with Gasteiger partial charge in [0, 0.05) is 19.7 Å². The van der Waals surface area contributed by atoms with Crippen LogP contribution in [-0.4, -0.2) is 44.2 Å². The molecule has 1 amide bonds. The van der Waals surface area contributed by atoms with Crippen LogP contribution in [0.4, 0.5) is 0 Å². The van der Waals surface area contributed by atoms with E-state index in [4.69, 9.17) is 4.74 Å². The van der Waals surface area contributed by atoms with Crippen LogP contribution >= 0.6 is 0 Å². The Bertz CT molecular complexity index is 915. The first-order valence-electron chi connectivity index (χ1n) is 10.6. The van der Waals surface area contributed by atoms with Crippen LogP contribution in [-0.2, 0) is 32.4 Å². The lowest BCUT2D eigenvalue weighted by atomic mass is 9.97. The van der Waals surface area contributed by atoms with Gasteiger partial charge in [0.1, 0.15) is 0 Å². The maximum Gasteiger partial charge on any atom is 0.226 e. The van der Waals surface area contributed by atoms with Crippen molar-refractivity contribution in [3.63, 3.8) is 0 Å². The van der Waals surface area contributed by atoms with Crippen molar-refractivity contribution in [3.05, 3.63) is 65.7 Å². The molecule has 1 saturated heterocycles. The highest BCUT2D eigenvalue weighted by molar-refractivity contribution is 7.92. The zero-order valence-electron chi connectivity index (χ0n) is 17.8. The van der Waals surface area contributed by atoms with Crippen LogP contribution in [0, 0.1) is 5.92 Å². The van der Waals surface area contributed by atoms with Gasteiger partial charge in [-0.25, -0.2) is 8.42 Å². The number of sulfone groups is 1. The van der Waals surface area contributed by atoms with Gasteiger partial charge in [-0.15, -0.1) is 0 Å². The van der Waals surface area contributed by atoms with Crippen LogP contribution in [0.15, 0.2) is 59.5 Å². The third kappa shape index (κ3) is 5.92. The highest BCUT2D eigenvalue weighted by Crippen LogP contribution is 2.20. The Morgan fingerprint density at radius 2 is 1.63 bits per heavy atom. The van der Waals surface area contributed by atoms with Gasteiger partial charge in [-0.05, 0) is 55.9 Å². The molecular formula is C24H31NO4S. The molecule has 0 radical (unpaired) electrons. The molecule has 2 aromatic rings. The molecule has 0 unspecified atom stereocenters. The Balaban J connectivity index is 1.43. The minimum Gasteiger partial charge on any atom is -0.376 e. The average Bonchev–Trinajstić information content (AvgIpc) is 2.75. The second-order valence-corrected chi connectivity index (χ2v) is 10.7. The first-order chi connectivity index (χ1) is 14.4. The van der Waals surface area contributed by atoms with Crippen LogP contribution in [0.1, 0.15) is 37.8 Å². The van der Waals surface area contributed by atoms with Gasteiger partial charge in [-0.1, -0.05) is 42.5 Å². The van der Waals surface area contributed by atoms with Gasteiger partial charge in [0.05, 0.1) is 23.2 Å². The number of likely N-dealkylation sites (tertiary alicyclic amines) is 1. The van der Waals surface area contributed by atoms with Crippen molar-refractivity contribution in [1.82, 2.24) is 4.90 Å². The Morgan fingerprint density at radius 3 is 2.23 bits per heavy atom. The second-order valence-electron chi connectivity index (χ2n) is 8.24. The van der Waals surface area contributed by atoms with E-state index >= 15 is 0 Å². The van der Waals surface area contributed by atoms with Crippen molar-refractivity contribution in [2.24, 2.45) is 5.92 Å². The topological polar surface area (TPSA) is 63.7 Å². The summed E-state index contributed by atoms with van der Waals surface area (Å²) < 4.78 is 30.3. The zero-order chi connectivity index (χ0) is 21.6. The first kappa shape index (κ1) is 22.5. The molecule has 5 nitrogen and oxygen atoms in total. The average molecular weight is 430 g/mol. The van der Waals surface area contributed by atoms with Gasteiger partial charge >= 0.3 is 0 Å². The molecular weight excluding hydrogens is 398 g/mol. The molecule has 0 aromatic heterocycles. The number of benzene rings is 2. The van der Waals surface area contributed by atoms with Gasteiger partial charge in [0.25, 0.3) is 0 Å². The van der Waals surface area contributed by atoms with E-state index in [0.29, 0.717) is 23.8 Å². The highest BCUT2D eigenvalue weighted by atomic mass is 32.2. The first-order valence-corrected chi connectivity index (χ1v) is 12.1. The fourth-order valence-electron chi connectivity index (χ4n) is 3.62. The lowest BCUT2D eigenvalue weighted by Gasteiger charge is -2.32. The monoisotopic (exact) mass is 429 g/mol. The molecule has 2 aromatic carbocycles. The smallest absolute Gasteiger partial charge is 0.226 e. The van der Waals surface area contributed by atoms with Crippen LogP contribution in [0.2, 0.25) is 0 Å². The predicted molar refractivity (Wildman–Crippen MR) is 118 cm³/mol. The summed E-state index contributed by atoms with van der Waals surface area (Å²) in [6.07, 6.45) is 2.20. The number of nitrogens with zero attached hydrogens (tertiary/aromatic N) is 1. The van der Waals surface area contributed by atoms with Crippen LogP contribution < -0.4 is 0 Å². The zero-order valence-corrected chi connectivity index (χ0v) is 18.6. The molecule has 0 aliphatic carbocycles. The lowest BCUT2D eigenvalue weighted by molar-refractivity contribution is -0.132. The van der Waals surface area contributed by atoms with Gasteiger partial charge in [-0.3, -0.25) is 4.79 Å². The number of carbonyl (C=O) groups is 1. The molecule has 0 spiro atoms. The van der Waals surface area contributed by atoms with Crippen molar-refractivity contribution in [2.75, 3.05) is 19.7 Å². The van der Waals surface area contributed by atoms with Crippen molar-refractivity contribution in [1.29, 1.82) is 0 Å². The third-order valence-electron chi connectivity index (χ3n) is 5.66. The Morgan fingerprint density at radius 1 is 1.00 bits per heavy atom. The molecule has 1 aliphatic rings. The Labute approximate surface area is 180 Å². The largest absolute Gasteiger partial charge is 0.376 e. The normalized spacial score (nSPS) is 15.5. The van der Waals surface area contributed by atoms with E-state index in [0.717, 1.165) is 38.1 Å². The summed E-state index contributed by atoms with van der Waals surface area (Å²) in [5.41, 5.74) is 2.02. The van der Waals surface area contributed by atoms with E-state index in [2.05, 4.69) is 12.1 Å². The molecule has 1 heterocycles. The summed E-state index contributed by atoms with van der Waals surface area (Å²) in [5.74, 6) is 0.580. The minimum atomic E-state index is -3.28. The number of hydrogen-bond donors (Lipinski definition) is 0. The maximum absolute atomic E-state index is 12.6. The molecule has 1 aliphatic heterocycles. The highest BCUT2D eigenvalue weighted by Gasteiger charge is 2.23. The van der Waals surface area contributed by atoms with Crippen LogP contribution in [0.25, 0.3) is 0 Å². The van der Waals surface area contributed by atoms with Crippen LogP contribution in [0.3, 0.4) is 0 Å². The maximum atomic E-state index is 12.6. The molecule has 1 fully saturated rings. The number of carbonyl (C=O) groups excluding carboxylic acids is 1. The standard InChI is InChI=1S/C24H31NO4S/c1-19(2)30(27,28)23-10-8-20(9-11-23)16-24(26)25-14-12-22(13-15-25)18-29-17-21-6-4-3-5-7-21/h3-11,19,22H,12-18H2,1-2H3. The van der Waals surface area contributed by atoms with Crippen molar-refractivity contribution >= 4 is 15.7 Å². The van der Waals surface area contributed by atoms with Crippen LogP contribution in [0.5, 0.6) is 0 Å². The van der Waals surface area contributed by atoms with E-state index in [1.165, 1.54) is 5.56 Å². The molecule has 3 rings (SSSR count). The number of ether oxygens (including phenoxy) is 1. The summed E-state index contributed by atoms with van der Waals surface area (Å²) in [7, 11) is -3.28. The summed E-state index contributed by atoms with van der Waals surface area (Å²) in [5, 5.41) is -0.456. The second kappa shape index (κ2) is 10.2. The SMILES string of the molecule is CC(C)S(=O)(=O)c1ccc(CC(=O)N2CCC(COCc3ccccc3)CC2)cc1. The fourth-order valence-corrected chi connectivity index (χ4v) is 4.68. The van der Waals surface area contributed by atoms with Gasteiger partial charge in [-0.2, -0.15) is 0 Å². The minimum absolute atomic E-state index is 0.0955. The molecule has 0 bridgehead atoms. The summed E-state index contributed by atoms with van der Waals surface area (Å²) in [4.78, 5) is 14.9. The molecule has 162 valence electrons. The van der Waals surface area contributed by atoms with E-state index in [-0.39, 0.29) is 5.91 Å². The third-order valence-corrected chi connectivity index (χ3v) is 7.83. The lowest BCUT2D eigenvalue weighted by Crippen LogP contribution is -2.40. The number of rotatable bonds is 8. The molecule has 0 N–H and O–H groups in total. The molecule has 0 atom stereocenters. The van der Waals surface area contributed by atoms with E-state index in [1.807, 2.05) is 23.1 Å². The van der Waals surface area contributed by atoms with E-state index < -0.39 is 15.1 Å². The van der Waals surface area contributed by atoms with Crippen molar-refractivity contribution in [3.8, 4) is 0 Å². The quantitative estimate of drug-likeness (QED) is 0.639. The Hall–Kier alpha value is -2.18. The number of piperidine rings is 1. The summed E-state index contributed by atoms with van der Waals surface area (Å²) in [6.45, 7) is 6.19. The molecule has 0 saturated carbocycles. The summed E-state index contributed by atoms with van der Waals surface area (Å²) in [6, 6.07) is 16.9. The van der Waals surface area contributed by atoms with Gasteiger partial charge < -0.3 is 9.64 Å². The summed E-state index contributed by atoms with van der Waals surface area (Å²) >= 11 is 0. The molecule has 6 heteroatoms. The fraction of sp³-hybridized carbons (Fsp3) is 0.458. The molecule has 30 heavy (non-hydrogen) atoms. The van der Waals surface area contributed by atoms with E-state index in [1.54, 1.807) is 38.1 Å². The van der Waals surface area contributed by atoms with Gasteiger partial charge in [0.15, 0.2) is 9.84 Å².